The van der Waals surface area contributed by atoms with E-state index in [1.807, 2.05) is 12.1 Å². The highest BCUT2D eigenvalue weighted by atomic mass is 16.3. The first-order valence-electron chi connectivity index (χ1n) is 9.64. The number of carbonyl (C=O) groups excluding carboxylic acids is 1. The van der Waals surface area contributed by atoms with Gasteiger partial charge in [0, 0.05) is 24.7 Å². The summed E-state index contributed by atoms with van der Waals surface area (Å²) in [6.07, 6.45) is 8.83. The molecule has 4 heteroatoms. The molecule has 1 aliphatic carbocycles. The second kappa shape index (κ2) is 7.40. The van der Waals surface area contributed by atoms with E-state index < -0.39 is 0 Å². The number of hydrogen-bond acceptors (Lipinski definition) is 2. The van der Waals surface area contributed by atoms with Gasteiger partial charge in [-0.15, -0.1) is 0 Å². The molecule has 3 aromatic rings. The first-order valence-corrected chi connectivity index (χ1v) is 9.64. The standard InChI is InChI=1S/C22H26N2O2/c1-16-8-10-17(11-9-16)15-24-19-12-13-26-21(19)14-20(24)22(25)23-18-6-4-2-3-5-7-18/h8-14,18H,2-7,15H2,1H3,(H,23,25). The summed E-state index contributed by atoms with van der Waals surface area (Å²) >= 11 is 0. The number of aryl methyl sites for hydroxylation is 1. The summed E-state index contributed by atoms with van der Waals surface area (Å²) in [6.45, 7) is 2.75. The van der Waals surface area contributed by atoms with E-state index in [1.54, 1.807) is 6.26 Å². The van der Waals surface area contributed by atoms with Gasteiger partial charge in [0.2, 0.25) is 0 Å². The molecule has 2 aromatic heterocycles. The summed E-state index contributed by atoms with van der Waals surface area (Å²) in [5, 5.41) is 3.26. The molecule has 26 heavy (non-hydrogen) atoms. The Kier molecular flexibility index (Phi) is 4.83. The molecule has 1 amide bonds. The average Bonchev–Trinajstić information content (AvgIpc) is 3.12. The maximum Gasteiger partial charge on any atom is 0.268 e. The zero-order valence-electron chi connectivity index (χ0n) is 15.3. The minimum atomic E-state index is 0.00964. The highest BCUT2D eigenvalue weighted by molar-refractivity contribution is 5.97. The minimum absolute atomic E-state index is 0.00964. The van der Waals surface area contributed by atoms with Crippen LogP contribution in [0.5, 0.6) is 0 Å². The molecule has 0 unspecified atom stereocenters. The highest BCUT2D eigenvalue weighted by Crippen LogP contribution is 2.24. The minimum Gasteiger partial charge on any atom is -0.463 e. The van der Waals surface area contributed by atoms with Crippen molar-refractivity contribution in [2.75, 3.05) is 0 Å². The normalized spacial score (nSPS) is 15.9. The van der Waals surface area contributed by atoms with Crippen molar-refractivity contribution in [1.29, 1.82) is 0 Å². The lowest BCUT2D eigenvalue weighted by molar-refractivity contribution is 0.0925. The van der Waals surface area contributed by atoms with Crippen molar-refractivity contribution in [2.45, 2.75) is 58.0 Å². The Hall–Kier alpha value is -2.49. The fourth-order valence-corrected chi connectivity index (χ4v) is 3.89. The molecule has 0 aliphatic heterocycles. The van der Waals surface area contributed by atoms with Crippen LogP contribution in [0.25, 0.3) is 11.1 Å². The Morgan fingerprint density at radius 2 is 1.85 bits per heavy atom. The van der Waals surface area contributed by atoms with E-state index in [-0.39, 0.29) is 5.91 Å². The summed E-state index contributed by atoms with van der Waals surface area (Å²) in [4.78, 5) is 13.0. The van der Waals surface area contributed by atoms with Crippen LogP contribution in [0.1, 0.15) is 60.1 Å². The first kappa shape index (κ1) is 17.0. The lowest BCUT2D eigenvalue weighted by Crippen LogP contribution is -2.35. The number of furan rings is 1. The molecule has 4 nitrogen and oxygen atoms in total. The number of benzene rings is 1. The fourth-order valence-electron chi connectivity index (χ4n) is 3.89. The molecule has 4 rings (SSSR count). The van der Waals surface area contributed by atoms with E-state index in [2.05, 4.69) is 41.1 Å². The fraction of sp³-hybridized carbons (Fsp3) is 0.409. The average molecular weight is 350 g/mol. The predicted molar refractivity (Wildman–Crippen MR) is 103 cm³/mol. The van der Waals surface area contributed by atoms with Gasteiger partial charge in [0.05, 0.1) is 11.8 Å². The smallest absolute Gasteiger partial charge is 0.268 e. The van der Waals surface area contributed by atoms with Crippen LogP contribution in [-0.2, 0) is 6.54 Å². The van der Waals surface area contributed by atoms with Crippen molar-refractivity contribution in [3.05, 3.63) is 59.5 Å². The molecular formula is C22H26N2O2. The van der Waals surface area contributed by atoms with Gasteiger partial charge in [-0.2, -0.15) is 0 Å². The number of amides is 1. The second-order valence-electron chi connectivity index (χ2n) is 7.43. The van der Waals surface area contributed by atoms with Gasteiger partial charge in [-0.1, -0.05) is 55.5 Å². The maximum atomic E-state index is 13.0. The van der Waals surface area contributed by atoms with Gasteiger partial charge in [0.1, 0.15) is 5.69 Å². The van der Waals surface area contributed by atoms with Crippen LogP contribution in [-0.4, -0.2) is 16.5 Å². The zero-order chi connectivity index (χ0) is 17.9. The van der Waals surface area contributed by atoms with E-state index in [9.17, 15) is 4.79 Å². The summed E-state index contributed by atoms with van der Waals surface area (Å²) in [5.74, 6) is 0.00964. The summed E-state index contributed by atoms with van der Waals surface area (Å²) in [5.41, 5.74) is 4.84. The summed E-state index contributed by atoms with van der Waals surface area (Å²) < 4.78 is 7.62. The van der Waals surface area contributed by atoms with E-state index in [1.165, 1.54) is 36.8 Å². The van der Waals surface area contributed by atoms with Crippen LogP contribution in [0.2, 0.25) is 0 Å². The molecule has 1 N–H and O–H groups in total. The Bertz CT molecular complexity index is 881. The molecule has 0 atom stereocenters. The Morgan fingerprint density at radius 1 is 1.12 bits per heavy atom. The van der Waals surface area contributed by atoms with Crippen molar-refractivity contribution < 1.29 is 9.21 Å². The number of fused-ring (bicyclic) bond motifs is 1. The van der Waals surface area contributed by atoms with Gasteiger partial charge >= 0.3 is 0 Å². The quantitative estimate of drug-likeness (QED) is 0.670. The second-order valence-corrected chi connectivity index (χ2v) is 7.43. The molecular weight excluding hydrogens is 324 g/mol. The molecule has 1 aliphatic rings. The molecule has 1 saturated carbocycles. The summed E-state index contributed by atoms with van der Waals surface area (Å²) in [6, 6.07) is 12.6. The number of nitrogens with zero attached hydrogens (tertiary/aromatic N) is 1. The van der Waals surface area contributed by atoms with Gasteiger partial charge in [-0.05, 0) is 25.3 Å². The van der Waals surface area contributed by atoms with Crippen LogP contribution in [0, 0.1) is 6.92 Å². The molecule has 1 aromatic carbocycles. The van der Waals surface area contributed by atoms with Gasteiger partial charge in [-0.25, -0.2) is 0 Å². The van der Waals surface area contributed by atoms with Crippen LogP contribution in [0.4, 0.5) is 0 Å². The first-order chi connectivity index (χ1) is 12.7. The monoisotopic (exact) mass is 350 g/mol. The molecule has 2 heterocycles. The number of hydrogen-bond donors (Lipinski definition) is 1. The molecule has 136 valence electrons. The topological polar surface area (TPSA) is 47.2 Å². The van der Waals surface area contributed by atoms with Crippen molar-refractivity contribution in [3.8, 4) is 0 Å². The Labute approximate surface area is 154 Å². The number of aromatic nitrogens is 1. The third-order valence-corrected chi connectivity index (χ3v) is 5.41. The van der Waals surface area contributed by atoms with E-state index in [4.69, 9.17) is 4.42 Å². The zero-order valence-corrected chi connectivity index (χ0v) is 15.3. The van der Waals surface area contributed by atoms with Gasteiger partial charge in [-0.3, -0.25) is 4.79 Å². The third-order valence-electron chi connectivity index (χ3n) is 5.41. The van der Waals surface area contributed by atoms with Crippen LogP contribution < -0.4 is 5.32 Å². The molecule has 1 fully saturated rings. The van der Waals surface area contributed by atoms with Crippen molar-refractivity contribution >= 4 is 17.0 Å². The van der Waals surface area contributed by atoms with Crippen molar-refractivity contribution in [2.24, 2.45) is 0 Å². The van der Waals surface area contributed by atoms with Crippen molar-refractivity contribution in [3.63, 3.8) is 0 Å². The van der Waals surface area contributed by atoms with Gasteiger partial charge in [0.25, 0.3) is 5.91 Å². The lowest BCUT2D eigenvalue weighted by Gasteiger charge is -2.17. The van der Waals surface area contributed by atoms with Gasteiger partial charge in [0.15, 0.2) is 5.58 Å². The SMILES string of the molecule is Cc1ccc(Cn2c(C(=O)NC3CCCCCC3)cc3occc32)cc1. The van der Waals surface area contributed by atoms with E-state index in [0.29, 0.717) is 18.3 Å². The maximum absolute atomic E-state index is 13.0. The van der Waals surface area contributed by atoms with Gasteiger partial charge < -0.3 is 14.3 Å². The molecule has 0 bridgehead atoms. The van der Waals surface area contributed by atoms with Crippen molar-refractivity contribution in [1.82, 2.24) is 9.88 Å². The van der Waals surface area contributed by atoms with E-state index in [0.717, 1.165) is 23.9 Å². The number of nitrogens with one attached hydrogen (secondary N) is 1. The van der Waals surface area contributed by atoms with Crippen LogP contribution in [0.3, 0.4) is 0 Å². The van der Waals surface area contributed by atoms with Crippen LogP contribution >= 0.6 is 0 Å². The third kappa shape index (κ3) is 3.55. The Morgan fingerprint density at radius 3 is 2.58 bits per heavy atom. The number of carbonyl (C=O) groups is 1. The summed E-state index contributed by atoms with van der Waals surface area (Å²) in [7, 11) is 0. The highest BCUT2D eigenvalue weighted by Gasteiger charge is 2.21. The number of rotatable bonds is 4. The van der Waals surface area contributed by atoms with E-state index >= 15 is 0 Å². The molecule has 0 radical (unpaired) electrons. The van der Waals surface area contributed by atoms with Crippen LogP contribution in [0.15, 0.2) is 47.1 Å². The largest absolute Gasteiger partial charge is 0.463 e. The lowest BCUT2D eigenvalue weighted by atomic mass is 10.1. The predicted octanol–water partition coefficient (Wildman–Crippen LogP) is 5.04. The molecule has 0 spiro atoms. The Balaban J connectivity index is 1.60. The molecule has 0 saturated heterocycles.